The Morgan fingerprint density at radius 3 is 2.62 bits per heavy atom. The zero-order valence-electron chi connectivity index (χ0n) is 14.5. The third-order valence-corrected chi connectivity index (χ3v) is 4.75. The van der Waals surface area contributed by atoms with E-state index >= 15 is 0 Å². The van der Waals surface area contributed by atoms with Crippen molar-refractivity contribution in [1.29, 1.82) is 5.41 Å². The molecule has 26 heavy (non-hydrogen) atoms. The molecule has 0 saturated heterocycles. The van der Waals surface area contributed by atoms with Gasteiger partial charge in [0.05, 0.1) is 5.70 Å². The van der Waals surface area contributed by atoms with Crippen LogP contribution >= 0.6 is 11.9 Å². The highest BCUT2D eigenvalue weighted by Gasteiger charge is 2.17. The molecule has 0 aliphatic carbocycles. The molecular weight excluding hydrogens is 342 g/mol. The van der Waals surface area contributed by atoms with Gasteiger partial charge >= 0.3 is 0 Å². The van der Waals surface area contributed by atoms with Crippen LogP contribution < -0.4 is 15.5 Å². The summed E-state index contributed by atoms with van der Waals surface area (Å²) in [5, 5.41) is 15.0. The van der Waals surface area contributed by atoms with Crippen LogP contribution in [0.1, 0.15) is 23.6 Å². The van der Waals surface area contributed by atoms with Crippen molar-refractivity contribution in [2.45, 2.75) is 18.2 Å². The van der Waals surface area contributed by atoms with E-state index in [1.807, 2.05) is 24.3 Å². The lowest BCUT2D eigenvalue weighted by Crippen LogP contribution is -2.34. The molecule has 5 nitrogen and oxygen atoms in total. The molecule has 0 amide bonds. The van der Waals surface area contributed by atoms with Crippen LogP contribution in [0.25, 0.3) is 5.70 Å². The smallest absolute Gasteiger partial charge is 0.159 e. The second-order valence-electron chi connectivity index (χ2n) is 5.67. The third kappa shape index (κ3) is 4.15. The number of aryl methyl sites for hydroxylation is 1. The highest BCUT2D eigenvalue weighted by Crippen LogP contribution is 2.21. The van der Waals surface area contributed by atoms with Crippen LogP contribution in [0.2, 0.25) is 0 Å². The maximum Gasteiger partial charge on any atom is 0.159 e. The number of allylic oxidation sites excluding steroid dienone is 1. The Kier molecular flexibility index (Phi) is 5.76. The van der Waals surface area contributed by atoms with Gasteiger partial charge in [0.15, 0.2) is 5.84 Å². The summed E-state index contributed by atoms with van der Waals surface area (Å²) in [6.45, 7) is 6.12. The number of hydrazone groups is 1. The minimum atomic E-state index is 0.674. The Hall–Kier alpha value is -2.99. The van der Waals surface area contributed by atoms with Gasteiger partial charge in [-0.15, -0.1) is 0 Å². The van der Waals surface area contributed by atoms with Crippen molar-refractivity contribution in [1.82, 2.24) is 15.5 Å². The van der Waals surface area contributed by atoms with Gasteiger partial charge in [-0.3, -0.25) is 5.43 Å². The van der Waals surface area contributed by atoms with Crippen molar-refractivity contribution >= 4 is 29.7 Å². The van der Waals surface area contributed by atoms with Gasteiger partial charge in [-0.2, -0.15) is 5.10 Å². The minimum Gasteiger partial charge on any atom is -0.324 e. The molecule has 132 valence electrons. The molecule has 2 aromatic carbocycles. The summed E-state index contributed by atoms with van der Waals surface area (Å²) in [6, 6.07) is 16.3. The molecule has 4 N–H and O–H groups in total. The van der Waals surface area contributed by atoms with Gasteiger partial charge in [0.1, 0.15) is 5.82 Å². The number of fused-ring (bicyclic) bond motifs is 1. The normalized spacial score (nSPS) is 13.3. The van der Waals surface area contributed by atoms with Crippen LogP contribution in [0.3, 0.4) is 0 Å². The van der Waals surface area contributed by atoms with Gasteiger partial charge in [0.2, 0.25) is 0 Å². The summed E-state index contributed by atoms with van der Waals surface area (Å²) in [5.41, 5.74) is 6.97. The standard InChI is InChI=1S/C20H21N5S/c1-3-15-8-10-16(11-9-15)26-25-19(12-13-21)22-20-18-7-5-4-6-17(18)14(2)23-24-20/h4-13,21,23,25H,2-3H2,1H3,(H,22,24)/b19-12+,21-13?. The van der Waals surface area contributed by atoms with E-state index in [4.69, 9.17) is 5.41 Å². The molecule has 2 aromatic rings. The number of nitrogens with one attached hydrogen (secondary N) is 4. The van der Waals surface area contributed by atoms with Gasteiger partial charge in [-0.05, 0) is 42.1 Å². The molecule has 0 atom stereocenters. The van der Waals surface area contributed by atoms with E-state index in [0.29, 0.717) is 11.7 Å². The van der Waals surface area contributed by atoms with Crippen LogP contribution in [0.5, 0.6) is 0 Å². The van der Waals surface area contributed by atoms with Crippen molar-refractivity contribution in [3.05, 3.63) is 83.7 Å². The number of rotatable bonds is 6. The first-order valence-corrected chi connectivity index (χ1v) is 9.15. The van der Waals surface area contributed by atoms with Gasteiger partial charge < -0.3 is 15.4 Å². The van der Waals surface area contributed by atoms with Gasteiger partial charge in [-0.1, -0.05) is 49.9 Å². The average molecular weight is 363 g/mol. The lowest BCUT2D eigenvalue weighted by atomic mass is 10.0. The fourth-order valence-corrected chi connectivity index (χ4v) is 3.13. The predicted octanol–water partition coefficient (Wildman–Crippen LogP) is 3.86. The Morgan fingerprint density at radius 2 is 1.92 bits per heavy atom. The van der Waals surface area contributed by atoms with E-state index in [1.165, 1.54) is 23.7 Å². The van der Waals surface area contributed by atoms with Gasteiger partial charge in [0.25, 0.3) is 0 Å². The highest BCUT2D eigenvalue weighted by atomic mass is 32.2. The quantitative estimate of drug-likeness (QED) is 0.464. The van der Waals surface area contributed by atoms with E-state index in [1.54, 1.807) is 6.08 Å². The van der Waals surface area contributed by atoms with Crippen LogP contribution in [0, 0.1) is 5.41 Å². The number of benzene rings is 2. The van der Waals surface area contributed by atoms with E-state index < -0.39 is 0 Å². The number of hydrogen-bond donors (Lipinski definition) is 4. The molecule has 0 radical (unpaired) electrons. The summed E-state index contributed by atoms with van der Waals surface area (Å²) < 4.78 is 3.25. The van der Waals surface area contributed by atoms with E-state index in [0.717, 1.165) is 28.1 Å². The lowest BCUT2D eigenvalue weighted by Gasteiger charge is -2.21. The molecule has 0 saturated carbocycles. The number of nitrogens with zero attached hydrogens (tertiary/aromatic N) is 1. The second kappa shape index (κ2) is 8.40. The summed E-state index contributed by atoms with van der Waals surface area (Å²) >= 11 is 1.48. The third-order valence-electron chi connectivity index (χ3n) is 3.92. The van der Waals surface area contributed by atoms with Crippen LogP contribution in [0.4, 0.5) is 0 Å². The molecule has 6 heteroatoms. The van der Waals surface area contributed by atoms with E-state index in [9.17, 15) is 0 Å². The Balaban J connectivity index is 1.72. The predicted molar refractivity (Wildman–Crippen MR) is 110 cm³/mol. The van der Waals surface area contributed by atoms with E-state index in [-0.39, 0.29) is 0 Å². The summed E-state index contributed by atoms with van der Waals surface area (Å²) in [6.07, 6.45) is 3.91. The van der Waals surface area contributed by atoms with Crippen molar-refractivity contribution in [3.8, 4) is 0 Å². The first kappa shape index (κ1) is 17.8. The molecule has 1 heterocycles. The summed E-state index contributed by atoms with van der Waals surface area (Å²) in [4.78, 5) is 1.09. The maximum atomic E-state index is 7.40. The highest BCUT2D eigenvalue weighted by molar-refractivity contribution is 7.97. The Bertz CT molecular complexity index is 868. The molecule has 0 spiro atoms. The number of hydrogen-bond acceptors (Lipinski definition) is 6. The van der Waals surface area contributed by atoms with Crippen molar-refractivity contribution in [2.75, 3.05) is 0 Å². The second-order valence-corrected chi connectivity index (χ2v) is 6.55. The van der Waals surface area contributed by atoms with Crippen LogP contribution in [-0.4, -0.2) is 12.1 Å². The van der Waals surface area contributed by atoms with Crippen molar-refractivity contribution in [2.24, 2.45) is 5.10 Å². The van der Waals surface area contributed by atoms with Crippen LogP contribution in [-0.2, 0) is 6.42 Å². The Labute approximate surface area is 157 Å². The molecule has 1 aliphatic rings. The SMILES string of the molecule is C=C1NN=C(N/C(=C\C=N)NSc2ccc(CC)cc2)c2ccccc21. The fraction of sp³-hybridized carbons (Fsp3) is 0.100. The molecule has 3 rings (SSSR count). The minimum absolute atomic E-state index is 0.674. The zero-order valence-corrected chi connectivity index (χ0v) is 15.4. The molecule has 0 unspecified atom stereocenters. The first-order chi connectivity index (χ1) is 12.7. The van der Waals surface area contributed by atoms with Crippen molar-refractivity contribution < 1.29 is 0 Å². The molecule has 0 fully saturated rings. The molecule has 0 aromatic heterocycles. The molecule has 0 bridgehead atoms. The van der Waals surface area contributed by atoms with Crippen LogP contribution in [0.15, 0.2) is 77.0 Å². The fourth-order valence-electron chi connectivity index (χ4n) is 2.51. The first-order valence-electron chi connectivity index (χ1n) is 8.33. The lowest BCUT2D eigenvalue weighted by molar-refractivity contribution is 0.927. The topological polar surface area (TPSA) is 72.3 Å². The van der Waals surface area contributed by atoms with E-state index in [2.05, 4.69) is 58.3 Å². The summed E-state index contributed by atoms with van der Waals surface area (Å²) in [5.74, 6) is 1.35. The maximum absolute atomic E-state index is 7.40. The molecule has 1 aliphatic heterocycles. The van der Waals surface area contributed by atoms with Gasteiger partial charge in [-0.25, -0.2) is 0 Å². The van der Waals surface area contributed by atoms with Gasteiger partial charge in [0, 0.05) is 22.2 Å². The molecular formula is C20H21N5S. The van der Waals surface area contributed by atoms with Crippen molar-refractivity contribution in [3.63, 3.8) is 0 Å². The average Bonchev–Trinajstić information content (AvgIpc) is 2.69. The largest absolute Gasteiger partial charge is 0.324 e. The Morgan fingerprint density at radius 1 is 1.19 bits per heavy atom. The zero-order chi connectivity index (χ0) is 18.4. The summed E-state index contributed by atoms with van der Waals surface area (Å²) in [7, 11) is 0. The number of amidine groups is 1. The monoisotopic (exact) mass is 363 g/mol.